The molecule has 0 bridgehead atoms. The highest BCUT2D eigenvalue weighted by Crippen LogP contribution is 2.26. The first-order valence-electron chi connectivity index (χ1n) is 5.14. The van der Waals surface area contributed by atoms with E-state index in [1.807, 2.05) is 0 Å². The second-order valence-corrected chi connectivity index (χ2v) is 3.74. The lowest BCUT2D eigenvalue weighted by atomic mass is 10.2. The summed E-state index contributed by atoms with van der Waals surface area (Å²) in [5.41, 5.74) is 0.897. The number of imidazole rings is 1. The molecule has 1 aromatic carbocycles. The molecule has 0 spiro atoms. The molecule has 0 aliphatic carbocycles. The molecular weight excluding hydrogens is 240 g/mol. The number of benzene rings is 1. The van der Waals surface area contributed by atoms with Crippen LogP contribution >= 0.6 is 0 Å². The fourth-order valence-electron chi connectivity index (χ4n) is 1.70. The van der Waals surface area contributed by atoms with Crippen molar-refractivity contribution < 1.29 is 14.0 Å². The second kappa shape index (κ2) is 3.76. The fourth-order valence-corrected chi connectivity index (χ4v) is 1.70. The first-order valence-corrected chi connectivity index (χ1v) is 5.14. The molecule has 2 aliphatic heterocycles. The predicted octanol–water partition coefficient (Wildman–Crippen LogP) is 2.57. The zero-order chi connectivity index (χ0) is 12.7. The Labute approximate surface area is 100 Å². The van der Waals surface area contributed by atoms with Gasteiger partial charge in [-0.25, -0.2) is 18.7 Å². The van der Waals surface area contributed by atoms with Crippen molar-refractivity contribution in [3.63, 3.8) is 0 Å². The molecule has 2 heterocycles. The molecule has 90 valence electrons. The summed E-state index contributed by atoms with van der Waals surface area (Å²) in [6.07, 6.45) is 2.71. The number of nitrogens with zero attached hydrogens (tertiary/aromatic N) is 3. The molecule has 0 aromatic heterocycles. The normalized spacial score (nSPS) is 11.0. The lowest BCUT2D eigenvalue weighted by molar-refractivity contribution is 0.184. The van der Waals surface area contributed by atoms with Gasteiger partial charge in [0.1, 0.15) is 5.69 Å². The molecule has 0 amide bonds. The number of aromatic nitrogens is 3. The Bertz CT molecular complexity index is 696. The van der Waals surface area contributed by atoms with Gasteiger partial charge in [-0.2, -0.15) is 4.73 Å². The van der Waals surface area contributed by atoms with Crippen LogP contribution in [0.15, 0.2) is 36.7 Å². The molecular formula is C12H7F2N3O. The second-order valence-electron chi connectivity index (χ2n) is 3.74. The number of pyridine rings is 1. The van der Waals surface area contributed by atoms with E-state index < -0.39 is 11.6 Å². The Hall–Kier alpha value is -2.50. The van der Waals surface area contributed by atoms with Gasteiger partial charge in [0.05, 0.1) is 17.5 Å². The van der Waals surface area contributed by atoms with Crippen LogP contribution in [0.25, 0.3) is 22.8 Å². The molecule has 4 nitrogen and oxygen atoms in total. The molecule has 3 rings (SSSR count). The van der Waals surface area contributed by atoms with E-state index in [1.54, 1.807) is 0 Å². The molecule has 18 heavy (non-hydrogen) atoms. The van der Waals surface area contributed by atoms with Crippen LogP contribution < -0.4 is 0 Å². The zero-order valence-corrected chi connectivity index (χ0v) is 9.01. The van der Waals surface area contributed by atoms with E-state index in [2.05, 4.69) is 9.97 Å². The van der Waals surface area contributed by atoms with Gasteiger partial charge < -0.3 is 5.21 Å². The van der Waals surface area contributed by atoms with E-state index in [0.717, 1.165) is 10.8 Å². The zero-order valence-electron chi connectivity index (χ0n) is 9.01. The van der Waals surface area contributed by atoms with Gasteiger partial charge in [-0.3, -0.25) is 0 Å². The topological polar surface area (TPSA) is 50.9 Å². The Morgan fingerprint density at radius 3 is 2.67 bits per heavy atom. The molecule has 1 N–H and O–H groups in total. The van der Waals surface area contributed by atoms with E-state index in [9.17, 15) is 14.0 Å². The molecule has 1 aromatic rings. The molecule has 0 unspecified atom stereocenters. The third-order valence-electron chi connectivity index (χ3n) is 2.55. The highest BCUT2D eigenvalue weighted by atomic mass is 19.2. The Kier molecular flexibility index (Phi) is 2.22. The van der Waals surface area contributed by atoms with Crippen molar-refractivity contribution >= 4 is 0 Å². The highest BCUT2D eigenvalue weighted by Gasteiger charge is 2.17. The average Bonchev–Trinajstić information content (AvgIpc) is 2.75. The first kappa shape index (κ1) is 10.6. The summed E-state index contributed by atoms with van der Waals surface area (Å²) in [4.78, 5) is 8.13. The SMILES string of the molecule is On1ccc2nc(-c3cccc(F)c3F)nc-2c1. The summed E-state index contributed by atoms with van der Waals surface area (Å²) in [5.74, 6) is -1.84. The number of halogens is 2. The number of rotatable bonds is 1. The van der Waals surface area contributed by atoms with Gasteiger partial charge in [0, 0.05) is 6.20 Å². The summed E-state index contributed by atoms with van der Waals surface area (Å²) >= 11 is 0. The van der Waals surface area contributed by atoms with E-state index in [-0.39, 0.29) is 11.4 Å². The van der Waals surface area contributed by atoms with Crippen molar-refractivity contribution in [2.24, 2.45) is 0 Å². The average molecular weight is 247 g/mol. The quantitative estimate of drug-likeness (QED) is 0.672. The predicted molar refractivity (Wildman–Crippen MR) is 59.2 cm³/mol. The maximum absolute atomic E-state index is 13.6. The van der Waals surface area contributed by atoms with Gasteiger partial charge in [-0.15, -0.1) is 0 Å². The maximum Gasteiger partial charge on any atom is 0.169 e. The standard InChI is InChI=1S/C12H7F2N3O/c13-8-3-1-2-7(11(8)14)12-15-9-4-5-17(18)6-10(9)16-12/h1-6,18H. The van der Waals surface area contributed by atoms with Crippen LogP contribution in [0.5, 0.6) is 0 Å². The number of hydrogen-bond acceptors (Lipinski definition) is 3. The van der Waals surface area contributed by atoms with Gasteiger partial charge in [-0.1, -0.05) is 6.07 Å². The van der Waals surface area contributed by atoms with E-state index in [4.69, 9.17) is 0 Å². The van der Waals surface area contributed by atoms with Crippen LogP contribution in [0.2, 0.25) is 0 Å². The molecule has 0 saturated carbocycles. The van der Waals surface area contributed by atoms with Crippen LogP contribution in [0.1, 0.15) is 0 Å². The minimum absolute atomic E-state index is 0.00399. The van der Waals surface area contributed by atoms with Gasteiger partial charge >= 0.3 is 0 Å². The summed E-state index contributed by atoms with van der Waals surface area (Å²) in [6.45, 7) is 0. The summed E-state index contributed by atoms with van der Waals surface area (Å²) in [7, 11) is 0. The van der Waals surface area contributed by atoms with Gasteiger partial charge in [0.15, 0.2) is 17.5 Å². The van der Waals surface area contributed by atoms with Crippen molar-refractivity contribution in [2.75, 3.05) is 0 Å². The minimum Gasteiger partial charge on any atom is -0.429 e. The Morgan fingerprint density at radius 1 is 1.06 bits per heavy atom. The highest BCUT2D eigenvalue weighted by molar-refractivity contribution is 5.65. The van der Waals surface area contributed by atoms with Gasteiger partial charge in [-0.05, 0) is 18.2 Å². The van der Waals surface area contributed by atoms with Crippen molar-refractivity contribution in [1.82, 2.24) is 14.7 Å². The third kappa shape index (κ3) is 1.58. The van der Waals surface area contributed by atoms with Gasteiger partial charge in [0.2, 0.25) is 0 Å². The van der Waals surface area contributed by atoms with E-state index >= 15 is 0 Å². The maximum atomic E-state index is 13.6. The lowest BCUT2D eigenvalue weighted by Gasteiger charge is -1.98. The van der Waals surface area contributed by atoms with Crippen LogP contribution in [0.4, 0.5) is 8.78 Å². The van der Waals surface area contributed by atoms with Crippen LogP contribution in [-0.4, -0.2) is 19.9 Å². The van der Waals surface area contributed by atoms with Crippen LogP contribution in [-0.2, 0) is 0 Å². The minimum atomic E-state index is -0.982. The molecule has 6 heteroatoms. The summed E-state index contributed by atoms with van der Waals surface area (Å²) < 4.78 is 27.5. The van der Waals surface area contributed by atoms with Gasteiger partial charge in [0.25, 0.3) is 0 Å². The monoisotopic (exact) mass is 247 g/mol. The number of hydrogen-bond donors (Lipinski definition) is 1. The molecule has 0 fully saturated rings. The smallest absolute Gasteiger partial charge is 0.169 e. The Balaban J connectivity index is 2.21. The third-order valence-corrected chi connectivity index (χ3v) is 2.55. The van der Waals surface area contributed by atoms with E-state index in [1.165, 1.54) is 30.6 Å². The number of fused-ring (bicyclic) bond motifs is 1. The van der Waals surface area contributed by atoms with E-state index in [0.29, 0.717) is 11.4 Å². The van der Waals surface area contributed by atoms with Crippen molar-refractivity contribution in [3.8, 4) is 22.8 Å². The van der Waals surface area contributed by atoms with Crippen molar-refractivity contribution in [2.45, 2.75) is 0 Å². The molecule has 0 radical (unpaired) electrons. The van der Waals surface area contributed by atoms with Crippen LogP contribution in [0, 0.1) is 11.6 Å². The largest absolute Gasteiger partial charge is 0.429 e. The molecule has 0 saturated heterocycles. The Morgan fingerprint density at radius 2 is 1.83 bits per heavy atom. The lowest BCUT2D eigenvalue weighted by Crippen LogP contribution is -1.91. The molecule has 0 atom stereocenters. The van der Waals surface area contributed by atoms with Crippen molar-refractivity contribution in [3.05, 3.63) is 48.3 Å². The van der Waals surface area contributed by atoms with Crippen LogP contribution in [0.3, 0.4) is 0 Å². The first-order chi connectivity index (χ1) is 8.65. The molecule has 2 aliphatic rings. The van der Waals surface area contributed by atoms with Crippen molar-refractivity contribution in [1.29, 1.82) is 0 Å². The summed E-state index contributed by atoms with van der Waals surface area (Å²) in [6, 6.07) is 5.35. The fraction of sp³-hybridized carbons (Fsp3) is 0. The summed E-state index contributed by atoms with van der Waals surface area (Å²) in [5, 5.41) is 9.22.